The number of rotatable bonds is 9. The second-order valence-corrected chi connectivity index (χ2v) is 7.30. The number of hydrogen-bond donors (Lipinski definition) is 0. The standard InChI is InChI=1S/C28H26O8/c1-31-21-11-8-17(13-23(21)33-3)7-9-18-14-25(35-5)26(36-6)16-20(18)28(30)27(29)19-10-12-22(32-2)24(15-19)34-4/h8,10-16H,1-6H3. The van der Waals surface area contributed by atoms with Crippen molar-refractivity contribution in [1.82, 2.24) is 0 Å². The second kappa shape index (κ2) is 11.7. The first-order valence-corrected chi connectivity index (χ1v) is 10.7. The molecule has 0 aliphatic carbocycles. The van der Waals surface area contributed by atoms with Crippen LogP contribution < -0.4 is 28.4 Å². The molecule has 0 aromatic heterocycles. The third-order valence-electron chi connectivity index (χ3n) is 5.35. The summed E-state index contributed by atoms with van der Waals surface area (Å²) in [7, 11) is 8.92. The molecule has 0 N–H and O–H groups in total. The van der Waals surface area contributed by atoms with Crippen LogP contribution in [0.2, 0.25) is 0 Å². The molecule has 8 heteroatoms. The lowest BCUT2D eigenvalue weighted by Crippen LogP contribution is -2.16. The predicted octanol–water partition coefficient (Wildman–Crippen LogP) is 4.20. The first kappa shape index (κ1) is 26.0. The minimum absolute atomic E-state index is 0.0698. The molecule has 0 atom stereocenters. The van der Waals surface area contributed by atoms with Crippen LogP contribution in [0, 0.1) is 11.8 Å². The number of ketones is 2. The second-order valence-electron chi connectivity index (χ2n) is 7.30. The van der Waals surface area contributed by atoms with Gasteiger partial charge in [-0.1, -0.05) is 11.8 Å². The molecule has 0 unspecified atom stereocenters. The van der Waals surface area contributed by atoms with Gasteiger partial charge in [0.25, 0.3) is 0 Å². The summed E-state index contributed by atoms with van der Waals surface area (Å²) in [5.74, 6) is 6.97. The maximum Gasteiger partial charge on any atom is 0.234 e. The van der Waals surface area contributed by atoms with Gasteiger partial charge in [0.2, 0.25) is 11.6 Å². The van der Waals surface area contributed by atoms with Crippen LogP contribution >= 0.6 is 0 Å². The lowest BCUT2D eigenvalue weighted by Gasteiger charge is -2.12. The van der Waals surface area contributed by atoms with Crippen molar-refractivity contribution in [3.05, 3.63) is 70.8 Å². The number of Topliss-reactive ketones (excluding diaryl/α,β-unsaturated/α-hetero) is 2. The maximum absolute atomic E-state index is 13.4. The molecule has 3 aromatic carbocycles. The molecule has 3 aromatic rings. The Labute approximate surface area is 209 Å². The minimum atomic E-state index is -0.764. The van der Waals surface area contributed by atoms with Gasteiger partial charge in [-0.15, -0.1) is 0 Å². The number of benzene rings is 3. The van der Waals surface area contributed by atoms with E-state index < -0.39 is 11.6 Å². The molecule has 0 saturated heterocycles. The van der Waals surface area contributed by atoms with E-state index in [1.807, 2.05) is 0 Å². The van der Waals surface area contributed by atoms with Gasteiger partial charge in [-0.25, -0.2) is 0 Å². The largest absolute Gasteiger partial charge is 0.493 e. The zero-order valence-electron chi connectivity index (χ0n) is 20.9. The Morgan fingerprint density at radius 1 is 0.528 bits per heavy atom. The summed E-state index contributed by atoms with van der Waals surface area (Å²) in [6.07, 6.45) is 0. The highest BCUT2D eigenvalue weighted by Crippen LogP contribution is 2.33. The molecular formula is C28H26O8. The highest BCUT2D eigenvalue weighted by molar-refractivity contribution is 6.49. The van der Waals surface area contributed by atoms with Crippen molar-refractivity contribution in [3.8, 4) is 46.3 Å². The highest BCUT2D eigenvalue weighted by Gasteiger charge is 2.24. The van der Waals surface area contributed by atoms with Crippen molar-refractivity contribution < 1.29 is 38.0 Å². The number of carbonyl (C=O) groups is 2. The molecule has 0 fully saturated rings. The fourth-order valence-electron chi connectivity index (χ4n) is 3.45. The first-order chi connectivity index (χ1) is 17.4. The summed E-state index contributed by atoms with van der Waals surface area (Å²) >= 11 is 0. The van der Waals surface area contributed by atoms with Gasteiger partial charge in [-0.2, -0.15) is 0 Å². The predicted molar refractivity (Wildman–Crippen MR) is 133 cm³/mol. The molecule has 3 rings (SSSR count). The van der Waals surface area contributed by atoms with Gasteiger partial charge >= 0.3 is 0 Å². The van der Waals surface area contributed by atoms with Crippen LogP contribution in [-0.4, -0.2) is 54.2 Å². The smallest absolute Gasteiger partial charge is 0.234 e. The Morgan fingerprint density at radius 2 is 1.03 bits per heavy atom. The molecule has 8 nitrogen and oxygen atoms in total. The topological polar surface area (TPSA) is 89.5 Å². The van der Waals surface area contributed by atoms with E-state index in [0.29, 0.717) is 39.9 Å². The van der Waals surface area contributed by atoms with E-state index in [1.54, 1.807) is 37.4 Å². The number of methoxy groups -OCH3 is 6. The van der Waals surface area contributed by atoms with Crippen molar-refractivity contribution in [3.63, 3.8) is 0 Å². The third kappa shape index (κ3) is 5.36. The zero-order valence-corrected chi connectivity index (χ0v) is 20.9. The van der Waals surface area contributed by atoms with Crippen LogP contribution in [0.25, 0.3) is 0 Å². The summed E-state index contributed by atoms with van der Waals surface area (Å²) in [5, 5.41) is 0. The van der Waals surface area contributed by atoms with Crippen LogP contribution in [0.3, 0.4) is 0 Å². The van der Waals surface area contributed by atoms with E-state index in [-0.39, 0.29) is 16.9 Å². The van der Waals surface area contributed by atoms with Crippen molar-refractivity contribution in [2.24, 2.45) is 0 Å². The molecule has 0 amide bonds. The van der Waals surface area contributed by atoms with Crippen LogP contribution in [0.4, 0.5) is 0 Å². The fourth-order valence-corrected chi connectivity index (χ4v) is 3.45. The van der Waals surface area contributed by atoms with E-state index in [4.69, 9.17) is 28.4 Å². The highest BCUT2D eigenvalue weighted by atomic mass is 16.5. The quantitative estimate of drug-likeness (QED) is 0.250. The van der Waals surface area contributed by atoms with Gasteiger partial charge in [-0.3, -0.25) is 9.59 Å². The van der Waals surface area contributed by atoms with E-state index in [2.05, 4.69) is 11.8 Å². The van der Waals surface area contributed by atoms with Gasteiger partial charge < -0.3 is 28.4 Å². The SMILES string of the molecule is COc1ccc(C#Cc2cc(OC)c(OC)cc2C(=O)C(=O)c2ccc(OC)c(OC)c2)cc1OC. The summed E-state index contributed by atoms with van der Waals surface area (Å²) in [6.45, 7) is 0. The normalized spacial score (nSPS) is 9.94. The van der Waals surface area contributed by atoms with Gasteiger partial charge in [-0.05, 0) is 42.5 Å². The van der Waals surface area contributed by atoms with E-state index >= 15 is 0 Å². The van der Waals surface area contributed by atoms with Crippen molar-refractivity contribution in [2.45, 2.75) is 0 Å². The molecule has 0 aliphatic rings. The molecule has 0 spiro atoms. The average Bonchev–Trinajstić information content (AvgIpc) is 2.93. The Bertz CT molecular complexity index is 1350. The Morgan fingerprint density at radius 3 is 1.61 bits per heavy atom. The Balaban J connectivity index is 2.09. The molecule has 186 valence electrons. The van der Waals surface area contributed by atoms with Gasteiger partial charge in [0.05, 0.1) is 42.7 Å². The third-order valence-corrected chi connectivity index (χ3v) is 5.35. The number of carbonyl (C=O) groups excluding carboxylic acids is 2. The van der Waals surface area contributed by atoms with Gasteiger partial charge in [0.1, 0.15) is 0 Å². The van der Waals surface area contributed by atoms with Gasteiger partial charge in [0.15, 0.2) is 34.5 Å². The number of hydrogen-bond acceptors (Lipinski definition) is 8. The zero-order chi connectivity index (χ0) is 26.2. The lowest BCUT2D eigenvalue weighted by atomic mass is 9.96. The summed E-state index contributed by atoms with van der Waals surface area (Å²) in [6, 6.07) is 12.7. The lowest BCUT2D eigenvalue weighted by molar-refractivity contribution is 0.0816. The molecule has 0 bridgehead atoms. The average molecular weight is 491 g/mol. The summed E-state index contributed by atoms with van der Waals surface area (Å²) < 4.78 is 31.8. The monoisotopic (exact) mass is 490 g/mol. The van der Waals surface area contributed by atoms with E-state index in [1.165, 1.54) is 53.7 Å². The fraction of sp³-hybridized carbons (Fsp3) is 0.214. The summed E-state index contributed by atoms with van der Waals surface area (Å²) in [5.41, 5.74) is 1.12. The minimum Gasteiger partial charge on any atom is -0.493 e. The van der Waals surface area contributed by atoms with Crippen LogP contribution in [0.15, 0.2) is 48.5 Å². The summed E-state index contributed by atoms with van der Waals surface area (Å²) in [4.78, 5) is 26.5. The van der Waals surface area contributed by atoms with Crippen LogP contribution in [0.1, 0.15) is 31.8 Å². The van der Waals surface area contributed by atoms with Crippen molar-refractivity contribution >= 4 is 11.6 Å². The maximum atomic E-state index is 13.4. The van der Waals surface area contributed by atoms with Crippen molar-refractivity contribution in [2.75, 3.05) is 42.7 Å². The molecule has 0 saturated carbocycles. The van der Waals surface area contributed by atoms with Crippen LogP contribution in [-0.2, 0) is 0 Å². The van der Waals surface area contributed by atoms with E-state index in [9.17, 15) is 9.59 Å². The van der Waals surface area contributed by atoms with Crippen LogP contribution in [0.5, 0.6) is 34.5 Å². The molecule has 36 heavy (non-hydrogen) atoms. The van der Waals surface area contributed by atoms with Crippen molar-refractivity contribution in [1.29, 1.82) is 0 Å². The number of ether oxygens (including phenoxy) is 6. The van der Waals surface area contributed by atoms with Gasteiger partial charge in [0, 0.05) is 28.3 Å². The Hall–Kier alpha value is -4.64. The van der Waals surface area contributed by atoms with E-state index in [0.717, 1.165) is 0 Å². The Kier molecular flexibility index (Phi) is 8.42. The molecule has 0 aliphatic heterocycles. The molecular weight excluding hydrogens is 464 g/mol. The molecule has 0 radical (unpaired) electrons. The molecule has 0 heterocycles. The first-order valence-electron chi connectivity index (χ1n) is 10.7.